The van der Waals surface area contributed by atoms with Crippen molar-refractivity contribution in [1.29, 1.82) is 0 Å². The van der Waals surface area contributed by atoms with E-state index in [-0.39, 0.29) is 5.91 Å². The fourth-order valence-corrected chi connectivity index (χ4v) is 3.45. The van der Waals surface area contributed by atoms with E-state index in [0.717, 1.165) is 34.1 Å². The number of methoxy groups -OCH3 is 1. The minimum absolute atomic E-state index is 0.150. The normalized spacial score (nSPS) is 10.9. The first-order valence-electron chi connectivity index (χ1n) is 8.41. The number of nitrogens with zero attached hydrogens (tertiary/aromatic N) is 3. The summed E-state index contributed by atoms with van der Waals surface area (Å²) >= 11 is 1.43. The number of ether oxygens (including phenoxy) is 1. The highest BCUT2D eigenvalue weighted by Gasteiger charge is 2.10. The molecule has 0 unspecified atom stereocenters. The molecule has 0 aliphatic heterocycles. The van der Waals surface area contributed by atoms with Gasteiger partial charge in [-0.15, -0.1) is 11.3 Å². The summed E-state index contributed by atoms with van der Waals surface area (Å²) in [7, 11) is 1.61. The van der Waals surface area contributed by atoms with E-state index in [4.69, 9.17) is 4.74 Å². The summed E-state index contributed by atoms with van der Waals surface area (Å²) in [4.78, 5) is 16.4. The highest BCUT2D eigenvalue weighted by atomic mass is 32.1. The summed E-state index contributed by atoms with van der Waals surface area (Å²) < 4.78 is 6.95. The summed E-state index contributed by atoms with van der Waals surface area (Å²) in [5.74, 6) is -0.150. The van der Waals surface area contributed by atoms with E-state index in [1.807, 2.05) is 30.7 Å². The van der Waals surface area contributed by atoms with Crippen molar-refractivity contribution in [1.82, 2.24) is 20.1 Å². The van der Waals surface area contributed by atoms with Gasteiger partial charge in [0.2, 0.25) is 0 Å². The summed E-state index contributed by atoms with van der Waals surface area (Å²) in [6, 6.07) is 10.3. The first-order chi connectivity index (χ1) is 12.6. The van der Waals surface area contributed by atoms with Crippen molar-refractivity contribution >= 4 is 17.2 Å². The number of rotatable bonds is 7. The number of aromatic nitrogens is 3. The van der Waals surface area contributed by atoms with Crippen LogP contribution in [0.25, 0.3) is 5.69 Å². The average molecular weight is 370 g/mol. The summed E-state index contributed by atoms with van der Waals surface area (Å²) in [6.45, 7) is 5.02. The largest absolute Gasteiger partial charge is 0.378 e. The third-order valence-electron chi connectivity index (χ3n) is 3.94. The van der Waals surface area contributed by atoms with Crippen LogP contribution in [0.1, 0.15) is 32.4 Å². The van der Waals surface area contributed by atoms with Crippen molar-refractivity contribution in [2.24, 2.45) is 0 Å². The van der Waals surface area contributed by atoms with E-state index >= 15 is 0 Å². The number of carbonyl (C=O) groups is 1. The fourth-order valence-electron chi connectivity index (χ4n) is 2.71. The van der Waals surface area contributed by atoms with E-state index in [9.17, 15) is 4.79 Å². The minimum Gasteiger partial charge on any atom is -0.378 e. The lowest BCUT2D eigenvalue weighted by molar-refractivity contribution is 0.0949. The molecule has 1 N–H and O–H groups in total. The van der Waals surface area contributed by atoms with Crippen molar-refractivity contribution in [3.8, 4) is 5.69 Å². The summed E-state index contributed by atoms with van der Waals surface area (Å²) in [5.41, 5.74) is 4.76. The Labute approximate surface area is 156 Å². The molecule has 0 atom stereocenters. The SMILES string of the molecule is COCc1nc(C(=O)NCCc2ccc(-n3nc(C)cc3C)cc2)cs1. The standard InChI is InChI=1S/C19H22N4O2S/c1-13-10-14(2)23(22-13)16-6-4-15(5-7-16)8-9-20-19(24)17-12-26-18(21-17)11-25-3/h4-7,10,12H,8-9,11H2,1-3H3,(H,20,24). The molecule has 7 heteroatoms. The molecule has 0 saturated carbocycles. The lowest BCUT2D eigenvalue weighted by atomic mass is 10.1. The maximum Gasteiger partial charge on any atom is 0.270 e. The molecule has 6 nitrogen and oxygen atoms in total. The Bertz CT molecular complexity index is 883. The Morgan fingerprint density at radius 2 is 2.04 bits per heavy atom. The molecule has 0 radical (unpaired) electrons. The summed E-state index contributed by atoms with van der Waals surface area (Å²) in [5, 5.41) is 9.96. The molecule has 1 amide bonds. The predicted molar refractivity (Wildman–Crippen MR) is 102 cm³/mol. The van der Waals surface area contributed by atoms with Gasteiger partial charge in [-0.1, -0.05) is 12.1 Å². The van der Waals surface area contributed by atoms with Crippen LogP contribution in [0.2, 0.25) is 0 Å². The maximum atomic E-state index is 12.1. The van der Waals surface area contributed by atoms with E-state index in [2.05, 4.69) is 33.6 Å². The number of thiazole rings is 1. The lowest BCUT2D eigenvalue weighted by Gasteiger charge is -2.07. The highest BCUT2D eigenvalue weighted by molar-refractivity contribution is 7.09. The van der Waals surface area contributed by atoms with Crippen LogP contribution in [0.3, 0.4) is 0 Å². The van der Waals surface area contributed by atoms with Crippen molar-refractivity contribution in [2.75, 3.05) is 13.7 Å². The molecule has 1 aromatic carbocycles. The van der Waals surface area contributed by atoms with Crippen molar-refractivity contribution in [3.05, 3.63) is 63.4 Å². The topological polar surface area (TPSA) is 69.0 Å². The second kappa shape index (κ2) is 8.25. The fraction of sp³-hybridized carbons (Fsp3) is 0.316. The zero-order valence-electron chi connectivity index (χ0n) is 15.2. The van der Waals surface area contributed by atoms with Crippen LogP contribution in [-0.4, -0.2) is 34.3 Å². The summed E-state index contributed by atoms with van der Waals surface area (Å²) in [6.07, 6.45) is 0.762. The molecule has 0 fully saturated rings. The molecule has 0 saturated heterocycles. The van der Waals surface area contributed by atoms with Gasteiger partial charge in [-0.3, -0.25) is 4.79 Å². The van der Waals surface area contributed by atoms with Gasteiger partial charge in [-0.25, -0.2) is 9.67 Å². The zero-order valence-corrected chi connectivity index (χ0v) is 16.0. The number of hydrogen-bond acceptors (Lipinski definition) is 5. The van der Waals surface area contributed by atoms with Crippen LogP contribution >= 0.6 is 11.3 Å². The van der Waals surface area contributed by atoms with E-state index < -0.39 is 0 Å². The third-order valence-corrected chi connectivity index (χ3v) is 4.76. The van der Waals surface area contributed by atoms with Gasteiger partial charge in [0, 0.05) is 24.7 Å². The van der Waals surface area contributed by atoms with Crippen LogP contribution in [0, 0.1) is 13.8 Å². The van der Waals surface area contributed by atoms with Gasteiger partial charge in [0.15, 0.2) is 0 Å². The lowest BCUT2D eigenvalue weighted by Crippen LogP contribution is -2.26. The molecule has 26 heavy (non-hydrogen) atoms. The van der Waals surface area contributed by atoms with Gasteiger partial charge in [0.05, 0.1) is 18.0 Å². The number of aryl methyl sites for hydroxylation is 2. The zero-order chi connectivity index (χ0) is 18.5. The number of carbonyl (C=O) groups excluding carboxylic acids is 1. The second-order valence-electron chi connectivity index (χ2n) is 6.07. The van der Waals surface area contributed by atoms with Crippen LogP contribution in [0.15, 0.2) is 35.7 Å². The number of hydrogen-bond donors (Lipinski definition) is 1. The quantitative estimate of drug-likeness (QED) is 0.694. The predicted octanol–water partition coefficient (Wildman–Crippen LogP) is 3.06. The highest BCUT2D eigenvalue weighted by Crippen LogP contribution is 2.14. The molecule has 0 aliphatic rings. The molecule has 3 rings (SSSR count). The molecular weight excluding hydrogens is 348 g/mol. The first kappa shape index (κ1) is 18.3. The molecule has 3 aromatic rings. The van der Waals surface area contributed by atoms with E-state index in [1.54, 1.807) is 12.5 Å². The van der Waals surface area contributed by atoms with Gasteiger partial charge < -0.3 is 10.1 Å². The second-order valence-corrected chi connectivity index (χ2v) is 7.01. The van der Waals surface area contributed by atoms with Crippen molar-refractivity contribution in [3.63, 3.8) is 0 Å². The van der Waals surface area contributed by atoms with Gasteiger partial charge in [-0.05, 0) is 44.0 Å². The van der Waals surface area contributed by atoms with Gasteiger partial charge in [-0.2, -0.15) is 5.10 Å². The smallest absolute Gasteiger partial charge is 0.270 e. The van der Waals surface area contributed by atoms with Crippen molar-refractivity contribution in [2.45, 2.75) is 26.9 Å². The Kier molecular flexibility index (Phi) is 5.80. The van der Waals surface area contributed by atoms with Gasteiger partial charge >= 0.3 is 0 Å². The van der Waals surface area contributed by atoms with Gasteiger partial charge in [0.25, 0.3) is 5.91 Å². The number of benzene rings is 1. The average Bonchev–Trinajstić information content (AvgIpc) is 3.22. The van der Waals surface area contributed by atoms with Gasteiger partial charge in [0.1, 0.15) is 10.7 Å². The monoisotopic (exact) mass is 370 g/mol. The Morgan fingerprint density at radius 1 is 1.27 bits per heavy atom. The molecule has 2 aromatic heterocycles. The first-order valence-corrected chi connectivity index (χ1v) is 9.29. The van der Waals surface area contributed by atoms with E-state index in [0.29, 0.717) is 18.8 Å². The molecule has 0 aliphatic carbocycles. The maximum absolute atomic E-state index is 12.1. The molecule has 136 valence electrons. The Balaban J connectivity index is 1.53. The molecule has 0 bridgehead atoms. The van der Waals surface area contributed by atoms with Crippen LogP contribution < -0.4 is 5.32 Å². The van der Waals surface area contributed by atoms with E-state index in [1.165, 1.54) is 11.3 Å². The van der Waals surface area contributed by atoms with Crippen LogP contribution in [0.5, 0.6) is 0 Å². The Hall–Kier alpha value is -2.51. The Morgan fingerprint density at radius 3 is 2.69 bits per heavy atom. The molecular formula is C19H22N4O2S. The number of amides is 1. The van der Waals surface area contributed by atoms with Crippen molar-refractivity contribution < 1.29 is 9.53 Å². The third kappa shape index (κ3) is 4.36. The van der Waals surface area contributed by atoms with Crippen LogP contribution in [-0.2, 0) is 17.8 Å². The molecule has 0 spiro atoms. The van der Waals surface area contributed by atoms with Crippen LogP contribution in [0.4, 0.5) is 0 Å². The molecule has 2 heterocycles. The number of nitrogens with one attached hydrogen (secondary N) is 1. The minimum atomic E-state index is -0.150.